The Morgan fingerprint density at radius 1 is 0.818 bits per heavy atom. The van der Waals surface area contributed by atoms with E-state index in [9.17, 15) is 19.8 Å². The van der Waals surface area contributed by atoms with Gasteiger partial charge in [-0.15, -0.1) is 0 Å². The van der Waals surface area contributed by atoms with Gasteiger partial charge < -0.3 is 10.2 Å². The molecule has 0 unspecified atom stereocenters. The molecule has 22 heavy (non-hydrogen) atoms. The molecule has 120 valence electrons. The van der Waals surface area contributed by atoms with Gasteiger partial charge in [-0.25, -0.2) is 9.59 Å². The van der Waals surface area contributed by atoms with E-state index in [2.05, 4.69) is 0 Å². The van der Waals surface area contributed by atoms with Gasteiger partial charge in [0.15, 0.2) is 0 Å². The Kier molecular flexibility index (Phi) is 5.22. The Balaban J connectivity index is 2.86. The van der Waals surface area contributed by atoms with Crippen molar-refractivity contribution in [3.8, 4) is 0 Å². The van der Waals surface area contributed by atoms with E-state index in [-0.39, 0.29) is 11.1 Å². The Bertz CT molecular complexity index is 549. The maximum atomic E-state index is 11.8. The Hall–Kier alpha value is -1.84. The van der Waals surface area contributed by atoms with Gasteiger partial charge in [-0.05, 0) is 60.8 Å². The number of aromatic carboxylic acids is 2. The minimum absolute atomic E-state index is 0.0402. The van der Waals surface area contributed by atoms with Crippen molar-refractivity contribution in [1.29, 1.82) is 0 Å². The molecule has 4 heteroatoms. The summed E-state index contributed by atoms with van der Waals surface area (Å²) >= 11 is 0. The maximum Gasteiger partial charge on any atom is 0.336 e. The fourth-order valence-corrected chi connectivity index (χ4v) is 3.70. The molecule has 0 spiro atoms. The van der Waals surface area contributed by atoms with Gasteiger partial charge in [-0.1, -0.05) is 26.7 Å². The van der Waals surface area contributed by atoms with Crippen LogP contribution in [0.2, 0.25) is 0 Å². The molecule has 0 heterocycles. The number of carboxylic acid groups (broad SMARTS) is 2. The van der Waals surface area contributed by atoms with Crippen LogP contribution in [-0.4, -0.2) is 22.2 Å². The average molecular weight is 304 g/mol. The molecule has 1 aromatic carbocycles. The van der Waals surface area contributed by atoms with E-state index in [0.717, 1.165) is 60.8 Å². The van der Waals surface area contributed by atoms with Crippen LogP contribution in [0.15, 0.2) is 0 Å². The van der Waals surface area contributed by atoms with Gasteiger partial charge in [-0.2, -0.15) is 0 Å². The van der Waals surface area contributed by atoms with Crippen LogP contribution >= 0.6 is 0 Å². The van der Waals surface area contributed by atoms with Crippen LogP contribution in [0.1, 0.15) is 82.5 Å². The second-order valence-electron chi connectivity index (χ2n) is 5.98. The minimum Gasteiger partial charge on any atom is -0.478 e. The molecule has 1 aliphatic rings. The van der Waals surface area contributed by atoms with Crippen molar-refractivity contribution < 1.29 is 19.8 Å². The first-order chi connectivity index (χ1) is 10.5. The summed E-state index contributed by atoms with van der Waals surface area (Å²) in [5, 5.41) is 19.3. The van der Waals surface area contributed by atoms with Gasteiger partial charge in [-0.3, -0.25) is 0 Å². The molecule has 0 fully saturated rings. The Labute approximate surface area is 131 Å². The largest absolute Gasteiger partial charge is 0.478 e. The standard InChI is InChI=1S/C18H24O4/c1-3-7-13-11-9-5-6-10-12(11)14(8-4-2)16(18(21)22)15(13)17(19)20/h3-10H2,1-2H3,(H,19,20)(H,21,22). The normalized spacial score (nSPS) is 13.7. The van der Waals surface area contributed by atoms with Crippen LogP contribution in [0.5, 0.6) is 0 Å². The van der Waals surface area contributed by atoms with E-state index < -0.39 is 11.9 Å². The summed E-state index contributed by atoms with van der Waals surface area (Å²) in [6, 6.07) is 0. The fourth-order valence-electron chi connectivity index (χ4n) is 3.70. The first kappa shape index (κ1) is 16.5. The zero-order valence-electron chi connectivity index (χ0n) is 13.4. The monoisotopic (exact) mass is 304 g/mol. The first-order valence-electron chi connectivity index (χ1n) is 8.18. The molecule has 1 aliphatic carbocycles. The SMILES string of the molecule is CCCc1c2c(c(CCC)c(C(=O)O)c1C(=O)O)CCCC2. The van der Waals surface area contributed by atoms with E-state index >= 15 is 0 Å². The molecule has 4 nitrogen and oxygen atoms in total. The van der Waals surface area contributed by atoms with E-state index in [1.165, 1.54) is 0 Å². The van der Waals surface area contributed by atoms with Gasteiger partial charge in [0.1, 0.15) is 0 Å². The molecule has 0 atom stereocenters. The van der Waals surface area contributed by atoms with Crippen molar-refractivity contribution in [2.75, 3.05) is 0 Å². The number of rotatable bonds is 6. The highest BCUT2D eigenvalue weighted by molar-refractivity contribution is 6.04. The van der Waals surface area contributed by atoms with Gasteiger partial charge in [0.25, 0.3) is 0 Å². The summed E-state index contributed by atoms with van der Waals surface area (Å²) in [7, 11) is 0. The van der Waals surface area contributed by atoms with E-state index in [1.54, 1.807) is 0 Å². The lowest BCUT2D eigenvalue weighted by Gasteiger charge is -2.26. The highest BCUT2D eigenvalue weighted by Gasteiger charge is 2.30. The van der Waals surface area contributed by atoms with E-state index in [4.69, 9.17) is 0 Å². The molecule has 1 aromatic rings. The maximum absolute atomic E-state index is 11.8. The van der Waals surface area contributed by atoms with Gasteiger partial charge >= 0.3 is 11.9 Å². The Morgan fingerprint density at radius 3 is 1.45 bits per heavy atom. The summed E-state index contributed by atoms with van der Waals surface area (Å²) in [6.07, 6.45) is 6.77. The van der Waals surface area contributed by atoms with E-state index in [1.807, 2.05) is 13.8 Å². The molecule has 0 aliphatic heterocycles. The molecule has 0 amide bonds. The second-order valence-corrected chi connectivity index (χ2v) is 5.98. The van der Waals surface area contributed by atoms with Crippen LogP contribution in [0, 0.1) is 0 Å². The molecule has 0 aromatic heterocycles. The second kappa shape index (κ2) is 6.95. The molecule has 0 saturated heterocycles. The molecule has 0 bridgehead atoms. The number of carboxylic acids is 2. The van der Waals surface area contributed by atoms with Gasteiger partial charge in [0.05, 0.1) is 11.1 Å². The number of hydrogen-bond donors (Lipinski definition) is 2. The summed E-state index contributed by atoms with van der Waals surface area (Å²) < 4.78 is 0. The van der Waals surface area contributed by atoms with Crippen molar-refractivity contribution >= 4 is 11.9 Å². The lowest BCUT2D eigenvalue weighted by Crippen LogP contribution is -2.21. The smallest absolute Gasteiger partial charge is 0.336 e. The Morgan fingerprint density at radius 2 is 1.18 bits per heavy atom. The van der Waals surface area contributed by atoms with Crippen molar-refractivity contribution in [1.82, 2.24) is 0 Å². The molecule has 0 saturated carbocycles. The zero-order valence-corrected chi connectivity index (χ0v) is 13.4. The summed E-state index contributed by atoms with van der Waals surface area (Å²) in [4.78, 5) is 23.6. The molecule has 2 rings (SSSR count). The van der Waals surface area contributed by atoms with Crippen molar-refractivity contribution in [3.63, 3.8) is 0 Å². The van der Waals surface area contributed by atoms with Crippen LogP contribution in [-0.2, 0) is 25.7 Å². The quantitative estimate of drug-likeness (QED) is 0.836. The van der Waals surface area contributed by atoms with Crippen LogP contribution in [0.4, 0.5) is 0 Å². The van der Waals surface area contributed by atoms with Crippen LogP contribution < -0.4 is 0 Å². The third kappa shape index (κ3) is 2.87. The number of carbonyl (C=O) groups is 2. The summed E-state index contributed by atoms with van der Waals surface area (Å²) in [5.41, 5.74) is 3.86. The lowest BCUT2D eigenvalue weighted by molar-refractivity contribution is 0.0649. The summed E-state index contributed by atoms with van der Waals surface area (Å²) in [5.74, 6) is -2.21. The van der Waals surface area contributed by atoms with Gasteiger partial charge in [0, 0.05) is 0 Å². The van der Waals surface area contributed by atoms with Crippen LogP contribution in [0.25, 0.3) is 0 Å². The third-order valence-corrected chi connectivity index (χ3v) is 4.48. The molecular weight excluding hydrogens is 280 g/mol. The predicted molar refractivity (Wildman–Crippen MR) is 85.0 cm³/mol. The van der Waals surface area contributed by atoms with Crippen molar-refractivity contribution in [2.45, 2.75) is 65.2 Å². The average Bonchev–Trinajstić information content (AvgIpc) is 2.48. The first-order valence-corrected chi connectivity index (χ1v) is 8.18. The number of hydrogen-bond acceptors (Lipinski definition) is 2. The predicted octanol–water partition coefficient (Wildman–Crippen LogP) is 3.87. The van der Waals surface area contributed by atoms with Crippen LogP contribution in [0.3, 0.4) is 0 Å². The van der Waals surface area contributed by atoms with Crippen molar-refractivity contribution in [2.24, 2.45) is 0 Å². The molecule has 0 radical (unpaired) electrons. The zero-order chi connectivity index (χ0) is 16.3. The third-order valence-electron chi connectivity index (χ3n) is 4.48. The number of benzene rings is 1. The fraction of sp³-hybridized carbons (Fsp3) is 0.556. The lowest BCUT2D eigenvalue weighted by atomic mass is 9.77. The number of fused-ring (bicyclic) bond motifs is 1. The molecular formula is C18H24O4. The van der Waals surface area contributed by atoms with Gasteiger partial charge in [0.2, 0.25) is 0 Å². The highest BCUT2D eigenvalue weighted by Crippen LogP contribution is 2.35. The topological polar surface area (TPSA) is 74.6 Å². The molecule has 2 N–H and O–H groups in total. The minimum atomic E-state index is -1.11. The highest BCUT2D eigenvalue weighted by atomic mass is 16.4. The van der Waals surface area contributed by atoms with Crippen molar-refractivity contribution in [3.05, 3.63) is 33.4 Å². The van der Waals surface area contributed by atoms with E-state index in [0.29, 0.717) is 12.8 Å². The summed E-state index contributed by atoms with van der Waals surface area (Å²) in [6.45, 7) is 4.00.